The third-order valence-electron chi connectivity index (χ3n) is 16.5. The summed E-state index contributed by atoms with van der Waals surface area (Å²) in [6.45, 7) is 8.04. The summed E-state index contributed by atoms with van der Waals surface area (Å²) >= 11 is 0. The molecule has 1 spiro atoms. The maximum Gasteiger partial charge on any atom is 0.366 e. The Hall–Kier alpha value is -4.01. The number of pyridine rings is 1. The molecule has 18 nitrogen and oxygen atoms in total. The van der Waals surface area contributed by atoms with E-state index in [2.05, 4.69) is 16.4 Å². The number of fused-ring (bicyclic) bond motifs is 7. The minimum atomic E-state index is -2.82. The molecule has 8 fully saturated rings. The van der Waals surface area contributed by atoms with Crippen LogP contribution >= 0.6 is 0 Å². The lowest BCUT2D eigenvalue weighted by atomic mass is 9.37. The van der Waals surface area contributed by atoms with Crippen molar-refractivity contribution in [1.29, 1.82) is 0 Å². The molecule has 18 heteroatoms. The van der Waals surface area contributed by atoms with Crippen LogP contribution in [0.25, 0.3) is 0 Å². The van der Waals surface area contributed by atoms with Gasteiger partial charge in [-0.2, -0.15) is 0 Å². The average Bonchev–Trinajstić information content (AvgIpc) is 3.66. The van der Waals surface area contributed by atoms with Gasteiger partial charge in [0, 0.05) is 65.9 Å². The van der Waals surface area contributed by atoms with Crippen LogP contribution in [-0.2, 0) is 61.8 Å². The van der Waals surface area contributed by atoms with E-state index in [1.165, 1.54) is 44.1 Å². The number of aliphatic hydroxyl groups excluding tert-OH is 1. The van der Waals surface area contributed by atoms with Gasteiger partial charge in [0.1, 0.15) is 28.8 Å². The first-order valence-electron chi connectivity index (χ1n) is 21.8. The summed E-state index contributed by atoms with van der Waals surface area (Å²) in [4.78, 5) is 58.5. The van der Waals surface area contributed by atoms with Crippen LogP contribution in [0.2, 0.25) is 0 Å². The van der Waals surface area contributed by atoms with Crippen LogP contribution in [0.4, 0.5) is 0 Å². The van der Waals surface area contributed by atoms with E-state index in [-0.39, 0.29) is 18.4 Å². The number of nitrogens with one attached hydrogen (secondary N) is 1. The Morgan fingerprint density at radius 2 is 1.76 bits per heavy atom. The standard InChI is InChI=1S/C35H44O16.C10H14N2/c1-8-15(2)24(38)49-18-12-19(48-16(3)36)32(26(39)43-6)13-46-21-22(32)31(18)14-47-34(42,27(40)44-7)25(31)29(4,23(21)37)35-20-11-17(30(35,5)51-35)33(41)9-10-45-28(33)50-20;1-2-7-12-10(5-1)9-4-3-6-11-8-9/h8-10,17-23,25,28,37,41-42H,11-14H2,1-7H3;3-4,6,8,10,12H,1-2,5,7H2/b15-8+;/t17-,18+,19-,20+,21-,22-,23-,25+,28+,29-,30+,31+,32+,33+,34+,35+;10-/m10/s1. The highest BCUT2D eigenvalue weighted by Crippen LogP contribution is 2.83. The van der Waals surface area contributed by atoms with Crippen LogP contribution in [0.15, 0.2) is 48.5 Å². The molecule has 2 bridgehead atoms. The number of epoxide rings is 1. The van der Waals surface area contributed by atoms with Crippen molar-refractivity contribution in [2.24, 2.45) is 34.0 Å². The number of hydrogen-bond donors (Lipinski definition) is 4. The fourth-order valence-corrected chi connectivity index (χ4v) is 13.9. The van der Waals surface area contributed by atoms with Crippen molar-refractivity contribution in [2.45, 2.75) is 132 Å². The van der Waals surface area contributed by atoms with Crippen molar-refractivity contribution in [1.82, 2.24) is 10.3 Å². The third kappa shape index (κ3) is 5.61. The number of methoxy groups -OCH3 is 2. The highest BCUT2D eigenvalue weighted by atomic mass is 16.7. The fourth-order valence-electron chi connectivity index (χ4n) is 13.9. The third-order valence-corrected chi connectivity index (χ3v) is 16.5. The molecule has 6 aliphatic heterocycles. The van der Waals surface area contributed by atoms with Gasteiger partial charge in [0.2, 0.25) is 6.29 Å². The second-order valence-corrected chi connectivity index (χ2v) is 19.0. The van der Waals surface area contributed by atoms with E-state index < -0.39 is 130 Å². The minimum Gasteiger partial charge on any atom is -0.469 e. The maximum atomic E-state index is 14.2. The average molecular weight is 883 g/mol. The predicted molar refractivity (Wildman–Crippen MR) is 213 cm³/mol. The predicted octanol–water partition coefficient (Wildman–Crippen LogP) is 1.69. The molecule has 3 aliphatic carbocycles. The number of ether oxygens (including phenoxy) is 9. The summed E-state index contributed by atoms with van der Waals surface area (Å²) in [6.07, 6.45) is 4.59. The van der Waals surface area contributed by atoms with Crippen molar-refractivity contribution in [3.05, 3.63) is 54.1 Å². The summed E-state index contributed by atoms with van der Waals surface area (Å²) in [5.74, 6) is -9.76. The molecule has 9 aliphatic rings. The Bertz CT molecular complexity index is 2100. The Morgan fingerprint density at radius 1 is 1.00 bits per heavy atom. The van der Waals surface area contributed by atoms with Crippen molar-refractivity contribution in [3.63, 3.8) is 0 Å². The summed E-state index contributed by atoms with van der Waals surface area (Å²) in [5, 5.41) is 40.9. The van der Waals surface area contributed by atoms with Crippen molar-refractivity contribution >= 4 is 23.9 Å². The molecule has 0 aromatic carbocycles. The molecule has 10 rings (SSSR count). The first kappa shape index (κ1) is 44.2. The summed E-state index contributed by atoms with van der Waals surface area (Å²) in [5.41, 5.74) is -8.14. The van der Waals surface area contributed by atoms with Crippen molar-refractivity contribution in [2.75, 3.05) is 34.0 Å². The second kappa shape index (κ2) is 15.0. The topological polar surface area (TPSA) is 240 Å². The number of carbonyl (C=O) groups excluding carboxylic acids is 4. The first-order chi connectivity index (χ1) is 29.9. The smallest absolute Gasteiger partial charge is 0.366 e. The van der Waals surface area contributed by atoms with E-state index in [0.29, 0.717) is 6.04 Å². The van der Waals surface area contributed by atoms with Crippen LogP contribution in [0.3, 0.4) is 0 Å². The number of allylic oxidation sites excluding steroid dienone is 1. The number of aliphatic hydroxyl groups is 3. The van der Waals surface area contributed by atoms with Crippen LogP contribution < -0.4 is 5.32 Å². The zero-order chi connectivity index (χ0) is 45.1. The zero-order valence-corrected chi connectivity index (χ0v) is 36.6. The molecule has 3 saturated carbocycles. The summed E-state index contributed by atoms with van der Waals surface area (Å²) < 4.78 is 54.0. The molecular weight excluding hydrogens is 824 g/mol. The lowest BCUT2D eigenvalue weighted by Gasteiger charge is -2.65. The van der Waals surface area contributed by atoms with E-state index in [0.717, 1.165) is 20.8 Å². The molecule has 0 radical (unpaired) electrons. The lowest BCUT2D eigenvalue weighted by molar-refractivity contribution is -0.314. The van der Waals surface area contributed by atoms with Gasteiger partial charge in [-0.1, -0.05) is 25.5 Å². The molecule has 1 aromatic heterocycles. The number of piperidine rings is 1. The van der Waals surface area contributed by atoms with Gasteiger partial charge in [-0.15, -0.1) is 0 Å². The Kier molecular flexibility index (Phi) is 10.5. The van der Waals surface area contributed by atoms with Crippen molar-refractivity contribution < 1.29 is 77.1 Å². The molecule has 63 heavy (non-hydrogen) atoms. The Balaban J connectivity index is 0.000000361. The van der Waals surface area contributed by atoms with Crippen LogP contribution in [-0.4, -0.2) is 138 Å². The molecule has 5 saturated heterocycles. The van der Waals surface area contributed by atoms with Gasteiger partial charge in [-0.05, 0) is 64.3 Å². The number of nitrogens with zero attached hydrogens (tertiary/aromatic N) is 1. The van der Waals surface area contributed by atoms with E-state index in [9.17, 15) is 34.5 Å². The van der Waals surface area contributed by atoms with Crippen LogP contribution in [0.1, 0.15) is 78.3 Å². The highest BCUT2D eigenvalue weighted by Gasteiger charge is 2.97. The Morgan fingerprint density at radius 3 is 2.41 bits per heavy atom. The minimum absolute atomic E-state index is 0.235. The maximum absolute atomic E-state index is 14.2. The van der Waals surface area contributed by atoms with Gasteiger partial charge in [0.05, 0.1) is 52.0 Å². The fraction of sp³-hybridized carbons (Fsp3) is 0.711. The monoisotopic (exact) mass is 882 g/mol. The van der Waals surface area contributed by atoms with E-state index in [4.69, 9.17) is 42.6 Å². The normalized spacial score (nSPS) is 48.2. The van der Waals surface area contributed by atoms with Gasteiger partial charge in [0.25, 0.3) is 5.79 Å². The molecule has 4 N–H and O–H groups in total. The molecule has 0 amide bonds. The molecule has 344 valence electrons. The lowest BCUT2D eigenvalue weighted by Crippen LogP contribution is -2.79. The Labute approximate surface area is 364 Å². The molecule has 0 unspecified atom stereocenters. The molecule has 17 atom stereocenters. The number of esters is 4. The summed E-state index contributed by atoms with van der Waals surface area (Å²) in [7, 11) is 2.23. The summed E-state index contributed by atoms with van der Waals surface area (Å²) in [6, 6.07) is 4.70. The van der Waals surface area contributed by atoms with Gasteiger partial charge in [-0.3, -0.25) is 14.6 Å². The van der Waals surface area contributed by atoms with E-state index in [1.54, 1.807) is 33.8 Å². The molecule has 7 heterocycles. The number of rotatable bonds is 7. The largest absolute Gasteiger partial charge is 0.469 e. The van der Waals surface area contributed by atoms with E-state index >= 15 is 0 Å². The SMILES string of the molecule is C/C=C(\C)C(=O)O[C@H]1C[C@@H](OC(C)=O)[C@@]2(C(=O)OC)CO[C@H]3[C@@H](O)[C@@](C)([C@]45O[C@@]4(C)[C@H]4C[C@@H]5O[C@@H]5OC=C[C@@]54O)[C@H]4[C@]1(CO[C@]4(O)C(=O)OC)[C@@H]32.c1cncc([C@@H]2CCCCN2)c1. The quantitative estimate of drug-likeness (QED) is 0.132. The molecular formula is C45H58N2O16. The van der Waals surface area contributed by atoms with Gasteiger partial charge in [0.15, 0.2) is 5.60 Å². The highest BCUT2D eigenvalue weighted by molar-refractivity contribution is 5.88. The van der Waals surface area contributed by atoms with Crippen molar-refractivity contribution in [3.8, 4) is 0 Å². The number of aromatic nitrogens is 1. The van der Waals surface area contributed by atoms with Gasteiger partial charge >= 0.3 is 23.9 Å². The molecule has 1 aromatic rings. The van der Waals surface area contributed by atoms with Gasteiger partial charge in [-0.25, -0.2) is 9.59 Å². The first-order valence-corrected chi connectivity index (χ1v) is 21.8. The van der Waals surface area contributed by atoms with Crippen LogP contribution in [0.5, 0.6) is 0 Å². The van der Waals surface area contributed by atoms with E-state index in [1.807, 2.05) is 18.5 Å². The second-order valence-electron chi connectivity index (χ2n) is 19.0. The van der Waals surface area contributed by atoms with Crippen LogP contribution in [0, 0.1) is 34.0 Å². The zero-order valence-electron chi connectivity index (χ0n) is 36.6. The number of carbonyl (C=O) groups is 4. The number of hydrogen-bond acceptors (Lipinski definition) is 18. The van der Waals surface area contributed by atoms with Gasteiger partial charge < -0.3 is 63.3 Å².